The van der Waals surface area contributed by atoms with Gasteiger partial charge in [0.2, 0.25) is 0 Å². The predicted molar refractivity (Wildman–Crippen MR) is 119 cm³/mol. The van der Waals surface area contributed by atoms with Crippen LogP contribution in [0.25, 0.3) is 0 Å². The van der Waals surface area contributed by atoms with E-state index in [9.17, 15) is 15.0 Å². The van der Waals surface area contributed by atoms with Gasteiger partial charge >= 0.3 is 6.03 Å². The van der Waals surface area contributed by atoms with Crippen LogP contribution in [0.15, 0.2) is 30.5 Å². The third kappa shape index (κ3) is 5.58. The number of carbonyl (C=O) groups excluding carboxylic acids is 1. The largest absolute Gasteiger partial charge is 0.394 e. The fourth-order valence-electron chi connectivity index (χ4n) is 4.49. The minimum absolute atomic E-state index is 0.0493. The van der Waals surface area contributed by atoms with E-state index in [-0.39, 0.29) is 24.8 Å². The van der Waals surface area contributed by atoms with Gasteiger partial charge in [-0.1, -0.05) is 29.7 Å². The van der Waals surface area contributed by atoms with Crippen molar-refractivity contribution in [2.75, 3.05) is 11.9 Å². The lowest BCUT2D eigenvalue weighted by Gasteiger charge is -2.36. The van der Waals surface area contributed by atoms with Crippen LogP contribution in [0, 0.1) is 0 Å². The molecule has 1 aromatic heterocycles. The SMILES string of the molecule is O=C(Nc1ccc(Cl)cc1)N[C@@H]1CC[C@H](CCn2cc(C3(O)CCCC3)nn2)O[C@H]1CO. The van der Waals surface area contributed by atoms with E-state index in [1.165, 1.54) is 0 Å². The Morgan fingerprint density at radius 1 is 1.25 bits per heavy atom. The fraction of sp³-hybridized carbons (Fsp3) is 0.591. The molecule has 2 heterocycles. The summed E-state index contributed by atoms with van der Waals surface area (Å²) >= 11 is 5.86. The van der Waals surface area contributed by atoms with Gasteiger partial charge in [0, 0.05) is 17.3 Å². The summed E-state index contributed by atoms with van der Waals surface area (Å²) in [7, 11) is 0. The molecular weight excluding hydrogens is 434 g/mol. The number of urea groups is 1. The lowest BCUT2D eigenvalue weighted by molar-refractivity contribution is -0.0905. The second-order valence-corrected chi connectivity index (χ2v) is 9.10. The number of rotatable bonds is 7. The second kappa shape index (κ2) is 10.2. The molecule has 2 fully saturated rings. The van der Waals surface area contributed by atoms with E-state index >= 15 is 0 Å². The summed E-state index contributed by atoms with van der Waals surface area (Å²) in [6.45, 7) is 0.434. The Balaban J connectivity index is 1.25. The molecule has 3 atom stereocenters. The van der Waals surface area contributed by atoms with Crippen LogP contribution in [0.3, 0.4) is 0 Å². The number of amides is 2. The van der Waals surface area contributed by atoms with Crippen molar-refractivity contribution >= 4 is 23.3 Å². The van der Waals surface area contributed by atoms with Gasteiger partial charge in [-0.15, -0.1) is 5.10 Å². The van der Waals surface area contributed by atoms with Crippen molar-refractivity contribution in [3.05, 3.63) is 41.2 Å². The number of benzene rings is 1. The number of nitrogens with zero attached hydrogens (tertiary/aromatic N) is 3. The van der Waals surface area contributed by atoms with E-state index < -0.39 is 11.7 Å². The highest BCUT2D eigenvalue weighted by atomic mass is 35.5. The fourth-order valence-corrected chi connectivity index (χ4v) is 4.62. The first-order chi connectivity index (χ1) is 15.4. The zero-order chi connectivity index (χ0) is 22.6. The normalized spacial score (nSPS) is 24.9. The van der Waals surface area contributed by atoms with Gasteiger partial charge in [-0.25, -0.2) is 4.79 Å². The average Bonchev–Trinajstić information content (AvgIpc) is 3.45. The maximum atomic E-state index is 12.3. The van der Waals surface area contributed by atoms with Crippen molar-refractivity contribution in [3.63, 3.8) is 0 Å². The van der Waals surface area contributed by atoms with Gasteiger partial charge in [0.25, 0.3) is 0 Å². The number of ether oxygens (including phenoxy) is 1. The van der Waals surface area contributed by atoms with Crippen molar-refractivity contribution < 1.29 is 19.7 Å². The number of hydrogen-bond acceptors (Lipinski definition) is 6. The van der Waals surface area contributed by atoms with Gasteiger partial charge in [-0.05, 0) is 56.4 Å². The summed E-state index contributed by atoms with van der Waals surface area (Å²) in [6.07, 6.45) is 6.95. The number of aliphatic hydroxyl groups excluding tert-OH is 1. The molecule has 174 valence electrons. The Kier molecular flexibility index (Phi) is 7.30. The molecule has 1 aliphatic heterocycles. The lowest BCUT2D eigenvalue weighted by atomic mass is 9.97. The van der Waals surface area contributed by atoms with Gasteiger partial charge < -0.3 is 25.6 Å². The highest BCUT2D eigenvalue weighted by Crippen LogP contribution is 2.37. The van der Waals surface area contributed by atoms with Crippen LogP contribution in [-0.4, -0.2) is 56.1 Å². The third-order valence-corrected chi connectivity index (χ3v) is 6.59. The van der Waals surface area contributed by atoms with E-state index in [4.69, 9.17) is 16.3 Å². The number of aryl methyl sites for hydroxylation is 1. The van der Waals surface area contributed by atoms with Gasteiger partial charge in [0.1, 0.15) is 17.4 Å². The summed E-state index contributed by atoms with van der Waals surface area (Å²) in [4.78, 5) is 12.3. The molecule has 2 aliphatic rings. The molecular formula is C22H30ClN5O4. The Morgan fingerprint density at radius 2 is 2.00 bits per heavy atom. The monoisotopic (exact) mass is 463 g/mol. The Hall–Kier alpha value is -2.20. The average molecular weight is 464 g/mol. The smallest absolute Gasteiger partial charge is 0.319 e. The highest BCUT2D eigenvalue weighted by Gasteiger charge is 2.36. The molecule has 4 N–H and O–H groups in total. The second-order valence-electron chi connectivity index (χ2n) is 8.66. The Morgan fingerprint density at radius 3 is 2.72 bits per heavy atom. The highest BCUT2D eigenvalue weighted by molar-refractivity contribution is 6.30. The van der Waals surface area contributed by atoms with Gasteiger partial charge in [-0.2, -0.15) is 0 Å². The van der Waals surface area contributed by atoms with Crippen LogP contribution in [0.4, 0.5) is 10.5 Å². The topological polar surface area (TPSA) is 122 Å². The van der Waals surface area contributed by atoms with Gasteiger partial charge in [0.05, 0.1) is 24.9 Å². The number of anilines is 1. The van der Waals surface area contributed by atoms with Crippen molar-refractivity contribution in [3.8, 4) is 0 Å². The summed E-state index contributed by atoms with van der Waals surface area (Å²) < 4.78 is 7.79. The van der Waals surface area contributed by atoms with E-state index in [0.29, 0.717) is 35.8 Å². The number of halogens is 1. The first kappa shape index (κ1) is 23.0. The van der Waals surface area contributed by atoms with Crippen molar-refractivity contribution in [1.82, 2.24) is 20.3 Å². The Bertz CT molecular complexity index is 900. The van der Waals surface area contributed by atoms with Gasteiger partial charge in [0.15, 0.2) is 0 Å². The zero-order valence-electron chi connectivity index (χ0n) is 17.9. The molecule has 32 heavy (non-hydrogen) atoms. The molecule has 1 aliphatic carbocycles. The molecule has 1 aromatic carbocycles. The summed E-state index contributed by atoms with van der Waals surface area (Å²) in [6, 6.07) is 6.22. The minimum Gasteiger partial charge on any atom is -0.394 e. The number of hydrogen-bond donors (Lipinski definition) is 4. The lowest BCUT2D eigenvalue weighted by Crippen LogP contribution is -2.52. The van der Waals surface area contributed by atoms with Crippen LogP contribution in [0.1, 0.15) is 50.6 Å². The number of nitrogens with one attached hydrogen (secondary N) is 2. The molecule has 1 saturated heterocycles. The van der Waals surface area contributed by atoms with Crippen LogP contribution < -0.4 is 10.6 Å². The predicted octanol–water partition coefficient (Wildman–Crippen LogP) is 2.81. The summed E-state index contributed by atoms with van der Waals surface area (Å²) in [5.41, 5.74) is 0.438. The van der Waals surface area contributed by atoms with Crippen LogP contribution in [0.2, 0.25) is 5.02 Å². The molecule has 4 rings (SSSR count). The van der Waals surface area contributed by atoms with Crippen molar-refractivity contribution in [2.45, 2.75) is 75.3 Å². The molecule has 10 heteroatoms. The van der Waals surface area contributed by atoms with E-state index in [1.807, 2.05) is 6.20 Å². The van der Waals surface area contributed by atoms with Crippen LogP contribution in [-0.2, 0) is 16.9 Å². The van der Waals surface area contributed by atoms with Crippen molar-refractivity contribution in [1.29, 1.82) is 0 Å². The molecule has 0 bridgehead atoms. The standard InChI is InChI=1S/C22H30ClN5O4/c23-15-3-5-16(6-4-15)24-21(30)25-18-8-7-17(32-19(18)14-29)9-12-28-13-20(26-27-28)22(31)10-1-2-11-22/h3-6,13,17-19,29,31H,1-2,7-12,14H2,(H2,24,25,30)/t17-,18-,19+/m1/s1. The number of carbonyl (C=O) groups is 1. The first-order valence-electron chi connectivity index (χ1n) is 11.2. The maximum absolute atomic E-state index is 12.3. The first-order valence-corrected chi connectivity index (χ1v) is 11.6. The molecule has 0 spiro atoms. The van der Waals surface area contributed by atoms with E-state index in [1.54, 1.807) is 28.9 Å². The van der Waals surface area contributed by atoms with E-state index in [2.05, 4.69) is 20.9 Å². The minimum atomic E-state index is -0.840. The third-order valence-electron chi connectivity index (χ3n) is 6.34. The molecule has 0 unspecified atom stereocenters. The molecule has 2 amide bonds. The van der Waals surface area contributed by atoms with Crippen LogP contribution >= 0.6 is 11.6 Å². The Labute approximate surface area is 192 Å². The number of aromatic nitrogens is 3. The van der Waals surface area contributed by atoms with Gasteiger partial charge in [-0.3, -0.25) is 4.68 Å². The quantitative estimate of drug-likeness (QED) is 0.501. The molecule has 0 radical (unpaired) electrons. The summed E-state index contributed by atoms with van der Waals surface area (Å²) in [5.74, 6) is 0. The summed E-state index contributed by atoms with van der Waals surface area (Å²) in [5, 5.41) is 35.0. The number of aliphatic hydroxyl groups is 2. The molecule has 9 nitrogen and oxygen atoms in total. The van der Waals surface area contributed by atoms with Crippen LogP contribution in [0.5, 0.6) is 0 Å². The molecule has 1 saturated carbocycles. The van der Waals surface area contributed by atoms with E-state index in [0.717, 1.165) is 32.1 Å². The maximum Gasteiger partial charge on any atom is 0.319 e. The van der Waals surface area contributed by atoms with Crippen molar-refractivity contribution in [2.24, 2.45) is 0 Å². The zero-order valence-corrected chi connectivity index (χ0v) is 18.7. The molecule has 2 aromatic rings.